The quantitative estimate of drug-likeness (QED) is 0.592. The number of amides is 2. The average Bonchev–Trinajstić information content (AvgIpc) is 2.93. The van der Waals surface area contributed by atoms with E-state index in [0.29, 0.717) is 4.88 Å². The second kappa shape index (κ2) is 5.18. The van der Waals surface area contributed by atoms with Crippen LogP contribution in [0.25, 0.3) is 0 Å². The van der Waals surface area contributed by atoms with E-state index >= 15 is 0 Å². The average molecular weight is 269 g/mol. The van der Waals surface area contributed by atoms with Crippen molar-refractivity contribution in [3.63, 3.8) is 0 Å². The highest BCUT2D eigenvalue weighted by Crippen LogP contribution is 2.12. The van der Waals surface area contributed by atoms with E-state index in [1.165, 1.54) is 18.3 Å². The maximum absolute atomic E-state index is 11.8. The number of carbonyl (C=O) groups excluding carboxylic acids is 3. The summed E-state index contributed by atoms with van der Waals surface area (Å²) in [5.41, 5.74) is 0. The van der Waals surface area contributed by atoms with E-state index in [2.05, 4.69) is 10.6 Å². The predicted molar refractivity (Wildman–Crippen MR) is 66.1 cm³/mol. The number of hydrogen-bond acceptors (Lipinski definition) is 4. The number of nitrogens with one attached hydrogen (secondary N) is 2. The molecule has 2 atom stereocenters. The molecule has 0 radical (unpaired) electrons. The molecule has 96 valence electrons. The van der Waals surface area contributed by atoms with Gasteiger partial charge in [-0.05, 0) is 11.4 Å². The molecule has 1 fully saturated rings. The van der Waals surface area contributed by atoms with Crippen LogP contribution in [0.4, 0.5) is 0 Å². The molecule has 7 heteroatoms. The fourth-order valence-corrected chi connectivity index (χ4v) is 2.31. The normalized spacial score (nSPS) is 22.4. The maximum atomic E-state index is 11.8. The van der Waals surface area contributed by atoms with E-state index in [0.717, 1.165) is 0 Å². The van der Waals surface area contributed by atoms with Crippen LogP contribution in [0.5, 0.6) is 0 Å². The summed E-state index contributed by atoms with van der Waals surface area (Å²) in [4.78, 5) is 32.9. The van der Waals surface area contributed by atoms with Gasteiger partial charge in [0.1, 0.15) is 6.04 Å². The summed E-state index contributed by atoms with van der Waals surface area (Å²) in [7, 11) is 0. The van der Waals surface area contributed by atoms with Crippen LogP contribution in [-0.4, -0.2) is 41.3 Å². The van der Waals surface area contributed by atoms with Gasteiger partial charge >= 0.3 is 5.97 Å². The van der Waals surface area contributed by atoms with Gasteiger partial charge in [-0.2, -0.15) is 0 Å². The van der Waals surface area contributed by atoms with Gasteiger partial charge in [0.05, 0.1) is 4.88 Å². The lowest BCUT2D eigenvalue weighted by molar-refractivity contribution is -0.119. The third-order valence-electron chi connectivity index (χ3n) is 2.50. The Hall–Kier alpha value is -1.89. The van der Waals surface area contributed by atoms with E-state index in [9.17, 15) is 14.4 Å². The zero-order chi connectivity index (χ0) is 13.1. The Labute approximate surface area is 107 Å². The largest absolute Gasteiger partial charge is 0.508 e. The monoisotopic (exact) mass is 269 g/mol. The van der Waals surface area contributed by atoms with Crippen molar-refractivity contribution in [2.75, 3.05) is 6.61 Å². The first-order valence-corrected chi connectivity index (χ1v) is 6.26. The molecule has 0 aromatic carbocycles. The smallest absolute Gasteiger partial charge is 0.340 e. The van der Waals surface area contributed by atoms with E-state index < -0.39 is 12.1 Å². The first-order valence-electron chi connectivity index (χ1n) is 5.38. The first-order chi connectivity index (χ1) is 8.58. The Morgan fingerprint density at radius 1 is 1.50 bits per heavy atom. The molecule has 1 aromatic rings. The molecular formula is C11H13N2O4S+. The van der Waals surface area contributed by atoms with Gasteiger partial charge in [0, 0.05) is 6.92 Å². The molecule has 6 nitrogen and oxygen atoms in total. The maximum Gasteiger partial charge on any atom is 0.508 e. The molecule has 0 aliphatic carbocycles. The van der Waals surface area contributed by atoms with Crippen molar-refractivity contribution in [1.82, 2.24) is 10.6 Å². The van der Waals surface area contributed by atoms with Crippen molar-refractivity contribution in [1.29, 1.82) is 0 Å². The summed E-state index contributed by atoms with van der Waals surface area (Å²) < 4.78 is 4.94. The number of ether oxygens (including phenoxy) is 1. The molecule has 0 spiro atoms. The van der Waals surface area contributed by atoms with Crippen LogP contribution < -0.4 is 10.6 Å². The molecular weight excluding hydrogens is 256 g/mol. The van der Waals surface area contributed by atoms with Gasteiger partial charge < -0.3 is 20.2 Å². The molecule has 1 aliphatic heterocycles. The standard InChI is InChI=1S/C11H12N2O4S/c1-6(14)12-9-7(5-17-11(9)16)13-10(15)8-3-2-4-18-8/h2-4,7,9H,5H2,1H3,(H,12,14)(H,13,15)/p+1/t7?,9-/m0/s1. The molecule has 2 amide bonds. The highest BCUT2D eigenvalue weighted by atomic mass is 32.1. The van der Waals surface area contributed by atoms with Crippen molar-refractivity contribution in [3.05, 3.63) is 22.4 Å². The van der Waals surface area contributed by atoms with Crippen molar-refractivity contribution >= 4 is 29.1 Å². The van der Waals surface area contributed by atoms with Crippen LogP contribution in [0.15, 0.2) is 17.5 Å². The molecule has 1 saturated heterocycles. The minimum absolute atomic E-state index is 0.133. The van der Waals surface area contributed by atoms with Crippen molar-refractivity contribution in [2.45, 2.75) is 19.0 Å². The third kappa shape index (κ3) is 2.67. The van der Waals surface area contributed by atoms with Gasteiger partial charge in [0.2, 0.25) is 18.6 Å². The van der Waals surface area contributed by atoms with Crippen LogP contribution in [0.1, 0.15) is 16.6 Å². The Morgan fingerprint density at radius 3 is 2.89 bits per heavy atom. The van der Waals surface area contributed by atoms with E-state index in [1.807, 2.05) is 0 Å². The fraction of sp³-hybridized carbons (Fsp3) is 0.364. The Kier molecular flexibility index (Phi) is 3.61. The number of thiophene rings is 1. The summed E-state index contributed by atoms with van der Waals surface area (Å²) in [6, 6.07) is 2.31. The topological polar surface area (TPSA) is 88.8 Å². The van der Waals surface area contributed by atoms with Gasteiger partial charge in [-0.3, -0.25) is 9.59 Å². The van der Waals surface area contributed by atoms with Crippen molar-refractivity contribution in [2.24, 2.45) is 0 Å². The summed E-state index contributed by atoms with van der Waals surface area (Å²) in [6.45, 7) is 1.47. The van der Waals surface area contributed by atoms with E-state index in [-0.39, 0.29) is 24.4 Å². The van der Waals surface area contributed by atoms with Crippen LogP contribution in [-0.2, 0) is 9.53 Å². The third-order valence-corrected chi connectivity index (χ3v) is 3.37. The molecule has 1 unspecified atom stereocenters. The molecule has 1 aromatic heterocycles. The van der Waals surface area contributed by atoms with Gasteiger partial charge in [-0.25, -0.2) is 0 Å². The highest BCUT2D eigenvalue weighted by Gasteiger charge is 2.45. The lowest BCUT2D eigenvalue weighted by atomic mass is 10.1. The number of rotatable bonds is 3. The summed E-state index contributed by atoms with van der Waals surface area (Å²) >= 11 is 1.32. The van der Waals surface area contributed by atoms with Crippen molar-refractivity contribution in [3.8, 4) is 0 Å². The molecule has 2 rings (SSSR count). The highest BCUT2D eigenvalue weighted by molar-refractivity contribution is 7.12. The lowest BCUT2D eigenvalue weighted by Gasteiger charge is -2.13. The minimum Gasteiger partial charge on any atom is -0.340 e. The molecule has 2 heterocycles. The Morgan fingerprint density at radius 2 is 2.28 bits per heavy atom. The fourth-order valence-electron chi connectivity index (χ4n) is 1.69. The van der Waals surface area contributed by atoms with Gasteiger partial charge in [-0.15, -0.1) is 11.3 Å². The van der Waals surface area contributed by atoms with Crippen molar-refractivity contribution < 1.29 is 19.1 Å². The minimum atomic E-state index is -0.702. The van der Waals surface area contributed by atoms with Crippen LogP contribution in [0, 0.1) is 0 Å². The van der Waals surface area contributed by atoms with E-state index in [1.54, 1.807) is 17.5 Å². The predicted octanol–water partition coefficient (Wildman–Crippen LogP) is -0.116. The zero-order valence-corrected chi connectivity index (χ0v) is 10.5. The molecule has 0 bridgehead atoms. The van der Waals surface area contributed by atoms with Crippen LogP contribution in [0.3, 0.4) is 0 Å². The van der Waals surface area contributed by atoms with Gasteiger partial charge in [0.25, 0.3) is 5.91 Å². The molecule has 1 aliphatic rings. The Balaban J connectivity index is 2.02. The van der Waals surface area contributed by atoms with E-state index in [4.69, 9.17) is 4.74 Å². The first kappa shape index (κ1) is 12.6. The molecule has 0 saturated carbocycles. The van der Waals surface area contributed by atoms with Crippen LogP contribution >= 0.6 is 11.3 Å². The molecule has 3 N–H and O–H groups in total. The number of carbonyl (C=O) groups is 2. The zero-order valence-electron chi connectivity index (χ0n) is 9.67. The summed E-state index contributed by atoms with van der Waals surface area (Å²) in [5, 5.41) is 7.05. The number of hydrogen-bond donors (Lipinski definition) is 2. The number of cyclic esters (lactones) is 1. The SMILES string of the molecule is CC(=O)N[C@@H]1C(=[OH+])OCC1NC(=O)c1cccs1. The number of esters is 1. The summed E-state index contributed by atoms with van der Waals surface area (Å²) in [6.07, 6.45) is 0. The molecule has 18 heavy (non-hydrogen) atoms. The Bertz CT molecular complexity index is 471. The van der Waals surface area contributed by atoms with Gasteiger partial charge in [-0.1, -0.05) is 6.07 Å². The second-order valence-corrected chi connectivity index (χ2v) is 4.83. The summed E-state index contributed by atoms with van der Waals surface area (Å²) in [5.74, 6) is -0.822. The van der Waals surface area contributed by atoms with Crippen LogP contribution in [0.2, 0.25) is 0 Å². The lowest BCUT2D eigenvalue weighted by Crippen LogP contribution is -2.51. The van der Waals surface area contributed by atoms with Gasteiger partial charge in [0.15, 0.2) is 0 Å². The second-order valence-electron chi connectivity index (χ2n) is 3.88.